The molecule has 0 aliphatic carbocycles. The Morgan fingerprint density at radius 1 is 1.42 bits per heavy atom. The van der Waals surface area contributed by atoms with Gasteiger partial charge in [-0.05, 0) is 18.2 Å². The van der Waals surface area contributed by atoms with E-state index in [2.05, 4.69) is 0 Å². The lowest BCUT2D eigenvalue weighted by molar-refractivity contribution is -0.00466. The van der Waals surface area contributed by atoms with Crippen molar-refractivity contribution in [1.29, 1.82) is 0 Å². The Morgan fingerprint density at radius 2 is 2.32 bits per heavy atom. The third kappa shape index (κ3) is 2.17. The Kier molecular flexibility index (Phi) is 3.13. The van der Waals surface area contributed by atoms with Crippen LogP contribution in [0.3, 0.4) is 0 Å². The van der Waals surface area contributed by atoms with Crippen molar-refractivity contribution in [3.8, 4) is 0 Å². The van der Waals surface area contributed by atoms with Crippen LogP contribution in [0.2, 0.25) is 0 Å². The highest BCUT2D eigenvalue weighted by molar-refractivity contribution is 5.94. The average molecular weight is 260 g/mol. The van der Waals surface area contributed by atoms with Gasteiger partial charge in [0.15, 0.2) is 0 Å². The smallest absolute Gasteiger partial charge is 0.257 e. The van der Waals surface area contributed by atoms with Gasteiger partial charge in [-0.1, -0.05) is 0 Å². The summed E-state index contributed by atoms with van der Waals surface area (Å²) in [5.41, 5.74) is 1.66. The van der Waals surface area contributed by atoms with E-state index >= 15 is 0 Å². The maximum atomic E-state index is 12.5. The van der Waals surface area contributed by atoms with Gasteiger partial charge in [0, 0.05) is 25.5 Å². The highest BCUT2D eigenvalue weighted by Gasteiger charge is 2.30. The van der Waals surface area contributed by atoms with Crippen LogP contribution in [0.25, 0.3) is 0 Å². The van der Waals surface area contributed by atoms with Crippen molar-refractivity contribution >= 4 is 5.91 Å². The van der Waals surface area contributed by atoms with Crippen LogP contribution in [0.15, 0.2) is 41.3 Å². The molecule has 0 aromatic carbocycles. The molecule has 1 aliphatic rings. The lowest BCUT2D eigenvalue weighted by Crippen LogP contribution is -2.43. The van der Waals surface area contributed by atoms with Crippen molar-refractivity contribution in [1.82, 2.24) is 9.47 Å². The molecule has 2 aromatic rings. The molecule has 5 heteroatoms. The van der Waals surface area contributed by atoms with Crippen LogP contribution in [-0.4, -0.2) is 35.1 Å². The van der Waals surface area contributed by atoms with Crippen molar-refractivity contribution in [2.75, 3.05) is 19.8 Å². The Labute approximate surface area is 111 Å². The molecule has 1 aliphatic heterocycles. The zero-order valence-corrected chi connectivity index (χ0v) is 10.8. The summed E-state index contributed by atoms with van der Waals surface area (Å²) in [6.07, 6.45) is 4.98. The topological polar surface area (TPSA) is 47.6 Å². The minimum atomic E-state index is -0.0452. The van der Waals surface area contributed by atoms with Crippen molar-refractivity contribution in [3.05, 3.63) is 48.2 Å². The standard InChI is InChI=1S/C14H16N2O3/c1-15-5-2-3-12(15)13-10-19-8-6-16(13)14(17)11-4-7-18-9-11/h2-5,7,9,13H,6,8,10H2,1H3. The molecule has 1 fully saturated rings. The first-order valence-electron chi connectivity index (χ1n) is 6.29. The summed E-state index contributed by atoms with van der Waals surface area (Å²) in [5, 5.41) is 0. The Bertz CT molecular complexity index is 559. The number of ether oxygens (including phenoxy) is 1. The molecule has 0 bridgehead atoms. The van der Waals surface area contributed by atoms with Gasteiger partial charge in [0.2, 0.25) is 0 Å². The molecule has 1 amide bonds. The van der Waals surface area contributed by atoms with Gasteiger partial charge in [0.05, 0.1) is 31.1 Å². The monoisotopic (exact) mass is 260 g/mol. The van der Waals surface area contributed by atoms with Crippen LogP contribution >= 0.6 is 0 Å². The molecule has 2 aromatic heterocycles. The van der Waals surface area contributed by atoms with Gasteiger partial charge < -0.3 is 18.6 Å². The number of furan rings is 1. The number of hydrogen-bond donors (Lipinski definition) is 0. The first-order valence-corrected chi connectivity index (χ1v) is 6.29. The fourth-order valence-corrected chi connectivity index (χ4v) is 2.46. The van der Waals surface area contributed by atoms with Crippen molar-refractivity contribution in [2.45, 2.75) is 6.04 Å². The highest BCUT2D eigenvalue weighted by atomic mass is 16.5. The van der Waals surface area contributed by atoms with E-state index < -0.39 is 0 Å². The third-order valence-electron chi connectivity index (χ3n) is 3.48. The first-order chi connectivity index (χ1) is 9.27. The largest absolute Gasteiger partial charge is 0.472 e. The number of morpholine rings is 1. The molecule has 0 radical (unpaired) electrons. The number of nitrogens with zero attached hydrogens (tertiary/aromatic N) is 2. The Hall–Kier alpha value is -2.01. The molecule has 5 nitrogen and oxygen atoms in total. The van der Waals surface area contributed by atoms with Gasteiger partial charge in [0.1, 0.15) is 6.26 Å². The summed E-state index contributed by atoms with van der Waals surface area (Å²) in [4.78, 5) is 14.3. The SMILES string of the molecule is Cn1cccc1C1COCCN1C(=O)c1ccoc1. The van der Waals surface area contributed by atoms with Gasteiger partial charge >= 0.3 is 0 Å². The number of rotatable bonds is 2. The summed E-state index contributed by atoms with van der Waals surface area (Å²) in [6, 6.07) is 5.65. The Balaban J connectivity index is 1.90. The highest BCUT2D eigenvalue weighted by Crippen LogP contribution is 2.26. The van der Waals surface area contributed by atoms with Crippen molar-refractivity contribution in [3.63, 3.8) is 0 Å². The van der Waals surface area contributed by atoms with E-state index in [-0.39, 0.29) is 11.9 Å². The molecule has 1 unspecified atom stereocenters. The van der Waals surface area contributed by atoms with E-state index in [4.69, 9.17) is 9.15 Å². The van der Waals surface area contributed by atoms with Gasteiger partial charge in [-0.15, -0.1) is 0 Å². The summed E-state index contributed by atoms with van der Waals surface area (Å²) in [7, 11) is 1.98. The van der Waals surface area contributed by atoms with E-state index in [1.807, 2.05) is 34.8 Å². The molecule has 0 saturated carbocycles. The molecule has 0 N–H and O–H groups in total. The van der Waals surface area contributed by atoms with E-state index in [1.54, 1.807) is 6.07 Å². The second-order valence-electron chi connectivity index (χ2n) is 4.65. The molecule has 100 valence electrons. The summed E-state index contributed by atoms with van der Waals surface area (Å²) >= 11 is 0. The molecular weight excluding hydrogens is 244 g/mol. The fraction of sp³-hybridized carbons (Fsp3) is 0.357. The number of amides is 1. The van der Waals surface area contributed by atoms with Gasteiger partial charge in [-0.25, -0.2) is 0 Å². The van der Waals surface area contributed by atoms with Gasteiger partial charge in [-0.3, -0.25) is 4.79 Å². The Morgan fingerprint density at radius 3 is 3.00 bits per heavy atom. The lowest BCUT2D eigenvalue weighted by atomic mass is 10.1. The number of hydrogen-bond acceptors (Lipinski definition) is 3. The van der Waals surface area contributed by atoms with Gasteiger partial charge in [-0.2, -0.15) is 0 Å². The predicted octanol–water partition coefficient (Wildman–Crippen LogP) is 1.83. The molecule has 1 atom stereocenters. The average Bonchev–Trinajstić information content (AvgIpc) is 3.09. The van der Waals surface area contributed by atoms with E-state index in [0.29, 0.717) is 25.3 Å². The zero-order chi connectivity index (χ0) is 13.2. The number of aromatic nitrogens is 1. The predicted molar refractivity (Wildman–Crippen MR) is 68.7 cm³/mol. The number of carbonyl (C=O) groups excluding carboxylic acids is 1. The van der Waals surface area contributed by atoms with Gasteiger partial charge in [0.25, 0.3) is 5.91 Å². The van der Waals surface area contributed by atoms with Crippen molar-refractivity contribution < 1.29 is 13.9 Å². The molecule has 19 heavy (non-hydrogen) atoms. The molecule has 0 spiro atoms. The second-order valence-corrected chi connectivity index (χ2v) is 4.65. The molecule has 3 heterocycles. The van der Waals surface area contributed by atoms with Crippen LogP contribution in [0.4, 0.5) is 0 Å². The maximum absolute atomic E-state index is 12.5. The summed E-state index contributed by atoms with van der Waals surface area (Å²) in [6.45, 7) is 1.70. The maximum Gasteiger partial charge on any atom is 0.257 e. The van der Waals surface area contributed by atoms with Crippen molar-refractivity contribution in [2.24, 2.45) is 7.05 Å². The summed E-state index contributed by atoms with van der Waals surface area (Å²) in [5.74, 6) is -0.0109. The quantitative estimate of drug-likeness (QED) is 0.827. The van der Waals surface area contributed by atoms with E-state index in [1.165, 1.54) is 12.5 Å². The first kappa shape index (κ1) is 12.0. The minimum absolute atomic E-state index is 0.0109. The third-order valence-corrected chi connectivity index (χ3v) is 3.48. The van der Waals surface area contributed by atoms with Crippen LogP contribution in [0, 0.1) is 0 Å². The van der Waals surface area contributed by atoms with Crippen LogP contribution < -0.4 is 0 Å². The number of aryl methyl sites for hydroxylation is 1. The van der Waals surface area contributed by atoms with Crippen LogP contribution in [0.5, 0.6) is 0 Å². The van der Waals surface area contributed by atoms with Crippen LogP contribution in [0.1, 0.15) is 22.1 Å². The van der Waals surface area contributed by atoms with E-state index in [9.17, 15) is 4.79 Å². The second kappa shape index (κ2) is 4.93. The normalized spacial score (nSPS) is 19.6. The fourth-order valence-electron chi connectivity index (χ4n) is 2.46. The molecule has 1 saturated heterocycles. The molecule has 3 rings (SSSR count). The van der Waals surface area contributed by atoms with Crippen LogP contribution in [-0.2, 0) is 11.8 Å². The molecular formula is C14H16N2O3. The number of carbonyl (C=O) groups is 1. The zero-order valence-electron chi connectivity index (χ0n) is 10.8. The minimum Gasteiger partial charge on any atom is -0.472 e. The van der Waals surface area contributed by atoms with E-state index in [0.717, 1.165) is 5.69 Å². The lowest BCUT2D eigenvalue weighted by Gasteiger charge is -2.35. The summed E-state index contributed by atoms with van der Waals surface area (Å²) < 4.78 is 12.5.